The van der Waals surface area contributed by atoms with Crippen LogP contribution in [0, 0.1) is 5.92 Å². The van der Waals surface area contributed by atoms with Crippen LogP contribution in [0.3, 0.4) is 0 Å². The summed E-state index contributed by atoms with van der Waals surface area (Å²) in [5.74, 6) is 0.815. The van der Waals surface area contributed by atoms with E-state index in [0.29, 0.717) is 12.5 Å². The molecule has 0 aliphatic heterocycles. The lowest BCUT2D eigenvalue weighted by molar-refractivity contribution is -0.123. The van der Waals surface area contributed by atoms with Crippen LogP contribution in [-0.4, -0.2) is 31.1 Å². The third kappa shape index (κ3) is 6.99. The molecule has 1 aliphatic rings. The fraction of sp³-hybridized carbons (Fsp3) is 0.786. The van der Waals surface area contributed by atoms with E-state index in [1.807, 2.05) is 13.8 Å². The second kappa shape index (κ2) is 8.61. The summed E-state index contributed by atoms with van der Waals surface area (Å²) in [6.07, 6.45) is 4.09. The molecule has 4 N–H and O–H groups in total. The third-order valence-corrected chi connectivity index (χ3v) is 3.86. The van der Waals surface area contributed by atoms with Gasteiger partial charge in [0, 0.05) is 19.1 Å². The Morgan fingerprint density at radius 2 is 2.21 bits per heavy atom. The van der Waals surface area contributed by atoms with Crippen LogP contribution in [0.25, 0.3) is 0 Å². The zero-order valence-electron chi connectivity index (χ0n) is 12.0. The van der Waals surface area contributed by atoms with Gasteiger partial charge in [-0.15, -0.1) is 0 Å². The number of nitrogens with one attached hydrogen (secondary N) is 2. The Bertz CT molecular complexity index is 316. The summed E-state index contributed by atoms with van der Waals surface area (Å²) in [6.45, 7) is 5.49. The van der Waals surface area contributed by atoms with Gasteiger partial charge in [0.25, 0.3) is 0 Å². The van der Waals surface area contributed by atoms with Crippen LogP contribution in [0.5, 0.6) is 0 Å². The molecule has 5 heteroatoms. The second-order valence-electron chi connectivity index (χ2n) is 5.50. The number of nitrogens with two attached hydrogens (primary N) is 1. The van der Waals surface area contributed by atoms with Crippen LogP contribution in [-0.2, 0) is 4.79 Å². The molecule has 4 nitrogen and oxygen atoms in total. The van der Waals surface area contributed by atoms with Gasteiger partial charge in [-0.1, -0.05) is 12.5 Å². The molecule has 110 valence electrons. The van der Waals surface area contributed by atoms with Crippen LogP contribution in [0.1, 0.15) is 39.5 Å². The Labute approximate surface area is 122 Å². The van der Waals surface area contributed by atoms with E-state index in [1.165, 1.54) is 12.8 Å². The highest BCUT2D eigenvalue weighted by molar-refractivity contribution is 7.83. The molecule has 2 atom stereocenters. The highest BCUT2D eigenvalue weighted by Crippen LogP contribution is 2.27. The first-order valence-electron chi connectivity index (χ1n) is 7.13. The predicted octanol–water partition coefficient (Wildman–Crippen LogP) is 1.43. The third-order valence-electron chi connectivity index (χ3n) is 3.42. The molecule has 1 aliphatic carbocycles. The zero-order chi connectivity index (χ0) is 14.3. The number of carbonyl (C=O) groups is 1. The number of carbonyl (C=O) groups excluding carboxylic acids is 1. The molecule has 0 radical (unpaired) electrons. The van der Waals surface area contributed by atoms with Crippen LogP contribution in [0.2, 0.25) is 0 Å². The van der Waals surface area contributed by atoms with E-state index in [0.717, 1.165) is 25.0 Å². The lowest BCUT2D eigenvalue weighted by Crippen LogP contribution is -2.48. The summed E-state index contributed by atoms with van der Waals surface area (Å²) >= 11 is 4.10. The molecule has 0 aromatic rings. The minimum absolute atomic E-state index is 0.0219. The van der Waals surface area contributed by atoms with E-state index < -0.39 is 0 Å². The summed E-state index contributed by atoms with van der Waals surface area (Å²) in [5, 5.41) is 8.04. The maximum absolute atomic E-state index is 12.0. The van der Waals surface area contributed by atoms with E-state index in [1.54, 1.807) is 5.41 Å². The first-order valence-corrected chi connectivity index (χ1v) is 7.65. The van der Waals surface area contributed by atoms with Crippen molar-refractivity contribution in [1.29, 1.82) is 0 Å². The first-order chi connectivity index (χ1) is 9.06. The largest absolute Gasteiger partial charge is 0.354 e. The Hall–Kier alpha value is -0.520. The molecule has 0 bridgehead atoms. The van der Waals surface area contributed by atoms with Gasteiger partial charge in [-0.25, -0.2) is 0 Å². The topological polar surface area (TPSA) is 67.1 Å². The monoisotopic (exact) mass is 285 g/mol. The fourth-order valence-electron chi connectivity index (χ4n) is 1.94. The molecule has 1 fully saturated rings. The molecule has 1 saturated carbocycles. The summed E-state index contributed by atoms with van der Waals surface area (Å²) in [7, 11) is 0. The van der Waals surface area contributed by atoms with Crippen molar-refractivity contribution in [3.05, 3.63) is 11.0 Å². The Kier molecular flexibility index (Phi) is 7.49. The van der Waals surface area contributed by atoms with Crippen molar-refractivity contribution >= 4 is 18.5 Å². The van der Waals surface area contributed by atoms with Gasteiger partial charge in [0.15, 0.2) is 0 Å². The highest BCUT2D eigenvalue weighted by Gasteiger charge is 2.23. The van der Waals surface area contributed by atoms with Crippen molar-refractivity contribution in [3.63, 3.8) is 0 Å². The van der Waals surface area contributed by atoms with Gasteiger partial charge in [0.1, 0.15) is 0 Å². The summed E-state index contributed by atoms with van der Waals surface area (Å²) in [5.41, 5.74) is 7.17. The molecular weight excluding hydrogens is 258 g/mol. The van der Waals surface area contributed by atoms with Crippen molar-refractivity contribution in [2.45, 2.75) is 51.6 Å². The van der Waals surface area contributed by atoms with Crippen LogP contribution < -0.4 is 16.4 Å². The predicted molar refractivity (Wildman–Crippen MR) is 83.2 cm³/mol. The zero-order valence-corrected chi connectivity index (χ0v) is 12.9. The van der Waals surface area contributed by atoms with Gasteiger partial charge in [-0.2, -0.15) is 12.6 Å². The molecule has 1 amide bonds. The van der Waals surface area contributed by atoms with E-state index in [2.05, 4.69) is 23.3 Å². The SMILES string of the molecule is CC[C@H](NC[C@@H](N)C/C(C)=C/S)C(=O)NCC1CC1. The standard InChI is InChI=1S/C14H27N3OS/c1-3-13(14(18)17-7-11-4-5-11)16-8-12(15)6-10(2)9-19/h9,11-13,16,19H,3-8,15H2,1-2H3,(H,17,18)/b10-9+/t12-,13-/m0/s1. The fourth-order valence-corrected chi connectivity index (χ4v) is 2.05. The smallest absolute Gasteiger partial charge is 0.237 e. The quantitative estimate of drug-likeness (QED) is 0.485. The highest BCUT2D eigenvalue weighted by atomic mass is 32.1. The van der Waals surface area contributed by atoms with Crippen molar-refractivity contribution in [3.8, 4) is 0 Å². The maximum Gasteiger partial charge on any atom is 0.237 e. The molecule has 19 heavy (non-hydrogen) atoms. The maximum atomic E-state index is 12.0. The lowest BCUT2D eigenvalue weighted by Gasteiger charge is -2.19. The molecule has 0 heterocycles. The van der Waals surface area contributed by atoms with Gasteiger partial charge in [0.05, 0.1) is 6.04 Å². The van der Waals surface area contributed by atoms with Crippen molar-refractivity contribution in [1.82, 2.24) is 10.6 Å². The molecule has 0 unspecified atom stereocenters. The normalized spacial score (nSPS) is 19.1. The molecule has 0 aromatic heterocycles. The Balaban J connectivity index is 2.24. The lowest BCUT2D eigenvalue weighted by atomic mass is 10.1. The van der Waals surface area contributed by atoms with Gasteiger partial charge in [0.2, 0.25) is 5.91 Å². The van der Waals surface area contributed by atoms with Crippen LogP contribution in [0.4, 0.5) is 0 Å². The number of hydrogen-bond acceptors (Lipinski definition) is 4. The summed E-state index contributed by atoms with van der Waals surface area (Å²) in [4.78, 5) is 12.0. The minimum atomic E-state index is -0.134. The average molecular weight is 285 g/mol. The van der Waals surface area contributed by atoms with Gasteiger partial charge in [-0.3, -0.25) is 4.79 Å². The average Bonchev–Trinajstić information content (AvgIpc) is 3.20. The van der Waals surface area contributed by atoms with E-state index in [9.17, 15) is 4.79 Å². The minimum Gasteiger partial charge on any atom is -0.354 e. The van der Waals surface area contributed by atoms with Gasteiger partial charge < -0.3 is 16.4 Å². The van der Waals surface area contributed by atoms with Gasteiger partial charge >= 0.3 is 0 Å². The Morgan fingerprint density at radius 1 is 1.53 bits per heavy atom. The number of hydrogen-bond donors (Lipinski definition) is 4. The summed E-state index contributed by atoms with van der Waals surface area (Å²) in [6, 6.07) is -0.112. The second-order valence-corrected chi connectivity index (χ2v) is 5.76. The van der Waals surface area contributed by atoms with Crippen molar-refractivity contribution < 1.29 is 4.79 Å². The molecule has 0 saturated heterocycles. The van der Waals surface area contributed by atoms with E-state index in [-0.39, 0.29) is 18.0 Å². The Morgan fingerprint density at radius 3 is 2.74 bits per heavy atom. The number of rotatable bonds is 9. The molecular formula is C14H27N3OS. The van der Waals surface area contributed by atoms with Crippen LogP contribution >= 0.6 is 12.6 Å². The van der Waals surface area contributed by atoms with E-state index in [4.69, 9.17) is 5.73 Å². The first kappa shape index (κ1) is 16.5. The van der Waals surface area contributed by atoms with Crippen molar-refractivity contribution in [2.24, 2.45) is 11.7 Å². The number of thiol groups is 1. The molecule has 1 rings (SSSR count). The molecule has 0 aromatic carbocycles. The van der Waals surface area contributed by atoms with E-state index >= 15 is 0 Å². The molecule has 0 spiro atoms. The van der Waals surface area contributed by atoms with Crippen molar-refractivity contribution in [2.75, 3.05) is 13.1 Å². The van der Waals surface area contributed by atoms with Gasteiger partial charge in [-0.05, 0) is 43.9 Å². The number of amides is 1. The van der Waals surface area contributed by atoms with Crippen LogP contribution in [0.15, 0.2) is 11.0 Å². The summed E-state index contributed by atoms with van der Waals surface area (Å²) < 4.78 is 0.